The summed E-state index contributed by atoms with van der Waals surface area (Å²) in [7, 11) is -2.11. The zero-order valence-corrected chi connectivity index (χ0v) is 24.0. The number of sulfonamides is 1. The number of fused-ring (bicyclic) bond motifs is 1. The van der Waals surface area contributed by atoms with Gasteiger partial charge in [0.05, 0.1) is 11.4 Å². The van der Waals surface area contributed by atoms with E-state index in [1.165, 1.54) is 12.6 Å². The minimum Gasteiger partial charge on any atom is -0.491 e. The predicted octanol–water partition coefficient (Wildman–Crippen LogP) is 3.79. The summed E-state index contributed by atoms with van der Waals surface area (Å²) >= 11 is 0. The highest BCUT2D eigenvalue weighted by molar-refractivity contribution is 7.89. The van der Waals surface area contributed by atoms with E-state index in [2.05, 4.69) is 10.8 Å². The summed E-state index contributed by atoms with van der Waals surface area (Å²) in [6, 6.07) is 14.8. The Labute approximate surface area is 232 Å². The molecule has 0 radical (unpaired) electrons. The minimum atomic E-state index is -3.49. The molecule has 1 fully saturated rings. The van der Waals surface area contributed by atoms with Gasteiger partial charge in [0.2, 0.25) is 21.8 Å². The molecule has 1 saturated heterocycles. The van der Waals surface area contributed by atoms with Crippen molar-refractivity contribution in [3.8, 4) is 5.75 Å². The molecule has 212 valence electrons. The molecule has 8 nitrogen and oxygen atoms in total. The fourth-order valence-electron chi connectivity index (χ4n) is 5.77. The Kier molecular flexibility index (Phi) is 9.67. The van der Waals surface area contributed by atoms with Crippen molar-refractivity contribution < 1.29 is 22.7 Å². The Bertz CT molecular complexity index is 1240. The van der Waals surface area contributed by atoms with Gasteiger partial charge in [0.15, 0.2) is 0 Å². The van der Waals surface area contributed by atoms with Crippen molar-refractivity contribution >= 4 is 21.8 Å². The standard InChI is InChI=1S/C30H41N3O5S/c1-24(34)32-19-17-30(18-20-32)16-6-5-8-26-7-3-4-9-28(26)38-22-21-33(23-30)29(35)15-12-25-10-13-27(14-11-25)39(36,37)31-2/h3-4,7,9-11,13-14,31H,5-6,8,12,15-23H2,1-2H3. The van der Waals surface area contributed by atoms with Crippen LogP contribution < -0.4 is 9.46 Å². The van der Waals surface area contributed by atoms with E-state index in [0.29, 0.717) is 32.5 Å². The van der Waals surface area contributed by atoms with Gasteiger partial charge < -0.3 is 14.5 Å². The molecule has 0 aromatic heterocycles. The molecule has 0 aliphatic carbocycles. The average Bonchev–Trinajstić information content (AvgIpc) is 2.94. The van der Waals surface area contributed by atoms with Crippen LogP contribution in [0.3, 0.4) is 0 Å². The normalized spacial score (nSPS) is 18.4. The molecule has 2 aromatic rings. The summed E-state index contributed by atoms with van der Waals surface area (Å²) in [6.07, 6.45) is 6.80. The van der Waals surface area contributed by atoms with Crippen LogP contribution in [-0.4, -0.2) is 69.9 Å². The maximum atomic E-state index is 13.6. The number of piperidine rings is 1. The van der Waals surface area contributed by atoms with Crippen LogP contribution in [0.5, 0.6) is 5.75 Å². The summed E-state index contributed by atoms with van der Waals surface area (Å²) in [5.41, 5.74) is 2.12. The van der Waals surface area contributed by atoms with E-state index in [-0.39, 0.29) is 22.1 Å². The quantitative estimate of drug-likeness (QED) is 0.606. The van der Waals surface area contributed by atoms with Crippen LogP contribution in [0.15, 0.2) is 53.4 Å². The summed E-state index contributed by atoms with van der Waals surface area (Å²) in [6.45, 7) is 4.70. The monoisotopic (exact) mass is 555 g/mol. The number of nitrogens with zero attached hydrogens (tertiary/aromatic N) is 2. The summed E-state index contributed by atoms with van der Waals surface area (Å²) in [5, 5.41) is 0. The van der Waals surface area contributed by atoms with Crippen LogP contribution in [0.1, 0.15) is 56.6 Å². The van der Waals surface area contributed by atoms with Crippen molar-refractivity contribution in [1.82, 2.24) is 14.5 Å². The lowest BCUT2D eigenvalue weighted by atomic mass is 9.73. The first kappa shape index (κ1) is 29.1. The van der Waals surface area contributed by atoms with Gasteiger partial charge >= 0.3 is 0 Å². The van der Waals surface area contributed by atoms with Crippen LogP contribution in [0.25, 0.3) is 0 Å². The third-order valence-corrected chi connectivity index (χ3v) is 9.70. The maximum Gasteiger partial charge on any atom is 0.240 e. The molecule has 2 aromatic carbocycles. The van der Waals surface area contributed by atoms with Crippen LogP contribution in [-0.2, 0) is 32.5 Å². The molecule has 0 atom stereocenters. The van der Waals surface area contributed by atoms with E-state index >= 15 is 0 Å². The number of likely N-dealkylation sites (tertiary alicyclic amines) is 1. The molecule has 1 spiro atoms. The molecule has 1 N–H and O–H groups in total. The van der Waals surface area contributed by atoms with Gasteiger partial charge in [-0.3, -0.25) is 9.59 Å². The Morgan fingerprint density at radius 2 is 1.67 bits per heavy atom. The van der Waals surface area contributed by atoms with Gasteiger partial charge in [-0.05, 0) is 80.3 Å². The lowest BCUT2D eigenvalue weighted by Gasteiger charge is -2.44. The third-order valence-electron chi connectivity index (χ3n) is 8.27. The van der Waals surface area contributed by atoms with Crippen LogP contribution >= 0.6 is 0 Å². The average molecular weight is 556 g/mol. The number of hydrogen-bond donors (Lipinski definition) is 1. The second-order valence-electron chi connectivity index (χ2n) is 10.8. The van der Waals surface area contributed by atoms with Gasteiger partial charge in [0.1, 0.15) is 12.4 Å². The molecule has 2 amide bonds. The topological polar surface area (TPSA) is 96.0 Å². The van der Waals surface area contributed by atoms with Gasteiger partial charge in [-0.15, -0.1) is 0 Å². The minimum absolute atomic E-state index is 0.0104. The number of hydrogen-bond acceptors (Lipinski definition) is 5. The number of carbonyl (C=O) groups excluding carboxylic acids is 2. The number of nitrogens with one attached hydrogen (secondary N) is 1. The first-order valence-electron chi connectivity index (χ1n) is 14.0. The molecule has 39 heavy (non-hydrogen) atoms. The molecule has 2 heterocycles. The van der Waals surface area contributed by atoms with Crippen molar-refractivity contribution in [3.63, 3.8) is 0 Å². The number of aryl methyl sites for hydroxylation is 2. The lowest BCUT2D eigenvalue weighted by Crippen LogP contribution is -2.49. The Hall–Kier alpha value is -2.91. The number of ether oxygens (including phenoxy) is 1. The first-order valence-corrected chi connectivity index (χ1v) is 15.5. The predicted molar refractivity (Wildman–Crippen MR) is 151 cm³/mol. The Balaban J connectivity index is 1.48. The number of benzene rings is 2. The highest BCUT2D eigenvalue weighted by Gasteiger charge is 2.37. The van der Waals surface area contributed by atoms with E-state index in [4.69, 9.17) is 4.74 Å². The summed E-state index contributed by atoms with van der Waals surface area (Å²) in [5.74, 6) is 1.08. The second kappa shape index (κ2) is 13.0. The zero-order valence-electron chi connectivity index (χ0n) is 23.2. The SMILES string of the molecule is CNS(=O)(=O)c1ccc(CCC(=O)N2CCOc3ccccc3CCCCC3(CCN(C(C)=O)CC3)C2)cc1. The fourth-order valence-corrected chi connectivity index (χ4v) is 6.50. The largest absolute Gasteiger partial charge is 0.491 e. The van der Waals surface area contributed by atoms with E-state index in [0.717, 1.165) is 62.9 Å². The van der Waals surface area contributed by atoms with Gasteiger partial charge in [-0.1, -0.05) is 36.8 Å². The number of carbonyl (C=O) groups is 2. The third kappa shape index (κ3) is 7.60. The van der Waals surface area contributed by atoms with Crippen LogP contribution in [0.2, 0.25) is 0 Å². The van der Waals surface area contributed by atoms with Crippen molar-refractivity contribution in [3.05, 3.63) is 59.7 Å². The molecule has 9 heteroatoms. The molecule has 2 aliphatic heterocycles. The lowest BCUT2D eigenvalue weighted by molar-refractivity contribution is -0.136. The molecular weight excluding hydrogens is 514 g/mol. The summed E-state index contributed by atoms with van der Waals surface area (Å²) in [4.78, 5) is 29.7. The number of para-hydroxylation sites is 1. The van der Waals surface area contributed by atoms with Crippen molar-refractivity contribution in [2.75, 3.05) is 39.8 Å². The van der Waals surface area contributed by atoms with Crippen molar-refractivity contribution in [2.24, 2.45) is 5.41 Å². The molecule has 2 aliphatic rings. The second-order valence-corrected chi connectivity index (χ2v) is 12.7. The van der Waals surface area contributed by atoms with E-state index < -0.39 is 10.0 Å². The molecule has 0 unspecified atom stereocenters. The fraction of sp³-hybridized carbons (Fsp3) is 0.533. The van der Waals surface area contributed by atoms with Gasteiger partial charge in [0.25, 0.3) is 0 Å². The van der Waals surface area contributed by atoms with Gasteiger partial charge in [-0.2, -0.15) is 0 Å². The van der Waals surface area contributed by atoms with Crippen LogP contribution in [0, 0.1) is 5.41 Å². The van der Waals surface area contributed by atoms with E-state index in [1.807, 2.05) is 28.0 Å². The van der Waals surface area contributed by atoms with Crippen molar-refractivity contribution in [2.45, 2.75) is 63.2 Å². The van der Waals surface area contributed by atoms with Gasteiger partial charge in [0, 0.05) is 33.0 Å². The number of rotatable bonds is 5. The number of amides is 2. The van der Waals surface area contributed by atoms with E-state index in [9.17, 15) is 18.0 Å². The molecule has 4 rings (SSSR count). The highest BCUT2D eigenvalue weighted by atomic mass is 32.2. The highest BCUT2D eigenvalue weighted by Crippen LogP contribution is 2.38. The smallest absolute Gasteiger partial charge is 0.240 e. The zero-order chi connectivity index (χ0) is 27.9. The maximum absolute atomic E-state index is 13.6. The van der Waals surface area contributed by atoms with Crippen LogP contribution in [0.4, 0.5) is 0 Å². The summed E-state index contributed by atoms with van der Waals surface area (Å²) < 4.78 is 32.5. The molecule has 0 bridgehead atoms. The molecule has 0 saturated carbocycles. The Morgan fingerprint density at radius 1 is 0.949 bits per heavy atom. The molecular formula is C30H41N3O5S. The Morgan fingerprint density at radius 3 is 2.36 bits per heavy atom. The first-order chi connectivity index (χ1) is 18.7. The van der Waals surface area contributed by atoms with Crippen molar-refractivity contribution in [1.29, 1.82) is 0 Å². The van der Waals surface area contributed by atoms with Gasteiger partial charge in [-0.25, -0.2) is 13.1 Å². The van der Waals surface area contributed by atoms with E-state index in [1.54, 1.807) is 31.2 Å².